The van der Waals surface area contributed by atoms with E-state index in [2.05, 4.69) is 0 Å². The highest BCUT2D eigenvalue weighted by molar-refractivity contribution is 6.01. The Morgan fingerprint density at radius 2 is 2.20 bits per heavy atom. The molecule has 0 unspecified atom stereocenters. The molecule has 0 aromatic heterocycles. The van der Waals surface area contributed by atoms with Crippen LogP contribution in [-0.2, 0) is 4.79 Å². The Kier molecular flexibility index (Phi) is 3.38. The molecule has 1 fully saturated rings. The summed E-state index contributed by atoms with van der Waals surface area (Å²) >= 11 is 0. The molecule has 0 N–H and O–H groups in total. The lowest BCUT2D eigenvalue weighted by Gasteiger charge is -2.19. The number of methoxy groups -OCH3 is 1. The molecule has 0 spiro atoms. The van der Waals surface area contributed by atoms with Crippen LogP contribution in [0.4, 0.5) is 0 Å². The van der Waals surface area contributed by atoms with Crippen LogP contribution < -0.4 is 14.2 Å². The number of ether oxygens (including phenoxy) is 3. The standard InChI is InChI=1S/C16H18O4/c1-10-4-3-5-12(15(10)17)6-11-7-13(18-2)16-14(8-11)19-9-20-16/h6-8,10H,3-5,9H2,1-2H3/b12-6+/t10-/m0/s1. The van der Waals surface area contributed by atoms with E-state index in [9.17, 15) is 4.79 Å². The van der Waals surface area contributed by atoms with E-state index in [0.29, 0.717) is 17.2 Å². The van der Waals surface area contributed by atoms with Crippen molar-refractivity contribution in [3.8, 4) is 17.2 Å². The first-order valence-corrected chi connectivity index (χ1v) is 6.91. The fourth-order valence-corrected chi connectivity index (χ4v) is 2.75. The first-order valence-electron chi connectivity index (χ1n) is 6.91. The van der Waals surface area contributed by atoms with Crippen LogP contribution in [0.2, 0.25) is 0 Å². The van der Waals surface area contributed by atoms with Gasteiger partial charge in [-0.05, 0) is 48.6 Å². The van der Waals surface area contributed by atoms with E-state index in [-0.39, 0.29) is 18.5 Å². The summed E-state index contributed by atoms with van der Waals surface area (Å²) in [6.45, 7) is 2.21. The minimum absolute atomic E-state index is 0.130. The summed E-state index contributed by atoms with van der Waals surface area (Å²) in [5.41, 5.74) is 1.81. The largest absolute Gasteiger partial charge is 0.493 e. The van der Waals surface area contributed by atoms with Gasteiger partial charge in [-0.25, -0.2) is 0 Å². The molecule has 1 aliphatic carbocycles. The molecule has 1 saturated carbocycles. The number of ketones is 1. The van der Waals surface area contributed by atoms with E-state index >= 15 is 0 Å². The number of rotatable bonds is 2. The number of hydrogen-bond acceptors (Lipinski definition) is 4. The quantitative estimate of drug-likeness (QED) is 0.777. The second kappa shape index (κ2) is 5.19. The number of allylic oxidation sites excluding steroid dienone is 1. The molecular weight excluding hydrogens is 256 g/mol. The molecule has 20 heavy (non-hydrogen) atoms. The molecule has 106 valence electrons. The van der Waals surface area contributed by atoms with Gasteiger partial charge in [-0.2, -0.15) is 0 Å². The van der Waals surface area contributed by atoms with Crippen molar-refractivity contribution in [2.45, 2.75) is 26.2 Å². The van der Waals surface area contributed by atoms with Crippen LogP contribution in [0.15, 0.2) is 17.7 Å². The lowest BCUT2D eigenvalue weighted by Crippen LogP contribution is -2.18. The Morgan fingerprint density at radius 3 is 3.00 bits per heavy atom. The van der Waals surface area contributed by atoms with Crippen molar-refractivity contribution < 1.29 is 19.0 Å². The Labute approximate surface area is 118 Å². The van der Waals surface area contributed by atoms with Gasteiger partial charge in [-0.15, -0.1) is 0 Å². The van der Waals surface area contributed by atoms with Gasteiger partial charge in [0.1, 0.15) is 0 Å². The molecule has 1 aromatic rings. The summed E-state index contributed by atoms with van der Waals surface area (Å²) in [5.74, 6) is 2.34. The van der Waals surface area contributed by atoms with Crippen molar-refractivity contribution in [2.75, 3.05) is 13.9 Å². The van der Waals surface area contributed by atoms with Gasteiger partial charge in [-0.1, -0.05) is 6.92 Å². The first-order chi connectivity index (χ1) is 9.69. The highest BCUT2D eigenvalue weighted by Gasteiger charge is 2.24. The number of carbonyl (C=O) groups is 1. The minimum atomic E-state index is 0.130. The van der Waals surface area contributed by atoms with Crippen molar-refractivity contribution in [1.82, 2.24) is 0 Å². The van der Waals surface area contributed by atoms with Crippen LogP contribution in [0.5, 0.6) is 17.2 Å². The molecule has 1 aliphatic heterocycles. The van der Waals surface area contributed by atoms with Gasteiger partial charge >= 0.3 is 0 Å². The Bertz CT molecular complexity index is 574. The third-order valence-electron chi connectivity index (χ3n) is 3.87. The SMILES string of the molecule is COc1cc(/C=C2\CCC[C@H](C)C2=O)cc2c1OCO2. The predicted molar refractivity (Wildman–Crippen MR) is 75.1 cm³/mol. The molecule has 0 saturated heterocycles. The van der Waals surface area contributed by atoms with E-state index in [1.807, 2.05) is 25.1 Å². The molecule has 4 nitrogen and oxygen atoms in total. The number of fused-ring (bicyclic) bond motifs is 1. The van der Waals surface area contributed by atoms with Crippen LogP contribution in [0.3, 0.4) is 0 Å². The van der Waals surface area contributed by atoms with Crippen LogP contribution in [0, 0.1) is 5.92 Å². The summed E-state index contributed by atoms with van der Waals surface area (Å²) in [6, 6.07) is 3.78. The summed E-state index contributed by atoms with van der Waals surface area (Å²) in [4.78, 5) is 12.2. The maximum atomic E-state index is 12.2. The minimum Gasteiger partial charge on any atom is -0.493 e. The number of carbonyl (C=O) groups excluding carboxylic acids is 1. The van der Waals surface area contributed by atoms with Crippen molar-refractivity contribution in [3.05, 3.63) is 23.3 Å². The lowest BCUT2D eigenvalue weighted by molar-refractivity contribution is -0.119. The van der Waals surface area contributed by atoms with E-state index in [1.54, 1.807) is 7.11 Å². The van der Waals surface area contributed by atoms with Gasteiger partial charge in [0.2, 0.25) is 12.5 Å². The Balaban J connectivity index is 1.96. The second-order valence-corrected chi connectivity index (χ2v) is 5.28. The first kappa shape index (κ1) is 13.0. The maximum absolute atomic E-state index is 12.2. The summed E-state index contributed by atoms with van der Waals surface area (Å²) in [6.07, 6.45) is 4.85. The summed E-state index contributed by atoms with van der Waals surface area (Å²) in [7, 11) is 1.60. The smallest absolute Gasteiger partial charge is 0.231 e. The molecule has 0 amide bonds. The maximum Gasteiger partial charge on any atom is 0.231 e. The fourth-order valence-electron chi connectivity index (χ4n) is 2.75. The van der Waals surface area contributed by atoms with E-state index < -0.39 is 0 Å². The van der Waals surface area contributed by atoms with Crippen molar-refractivity contribution in [3.63, 3.8) is 0 Å². The van der Waals surface area contributed by atoms with Crippen LogP contribution in [0.25, 0.3) is 6.08 Å². The molecule has 1 aromatic carbocycles. The highest BCUT2D eigenvalue weighted by Crippen LogP contribution is 2.42. The van der Waals surface area contributed by atoms with Crippen molar-refractivity contribution in [2.24, 2.45) is 5.92 Å². The Morgan fingerprint density at radius 1 is 1.35 bits per heavy atom. The molecule has 4 heteroatoms. The molecule has 0 radical (unpaired) electrons. The molecule has 2 aliphatic rings. The van der Waals surface area contributed by atoms with Crippen LogP contribution >= 0.6 is 0 Å². The average molecular weight is 274 g/mol. The van der Waals surface area contributed by atoms with Crippen molar-refractivity contribution >= 4 is 11.9 Å². The normalized spacial score (nSPS) is 23.2. The molecule has 1 atom stereocenters. The number of benzene rings is 1. The second-order valence-electron chi connectivity index (χ2n) is 5.28. The van der Waals surface area contributed by atoms with Crippen molar-refractivity contribution in [1.29, 1.82) is 0 Å². The fraction of sp³-hybridized carbons (Fsp3) is 0.438. The number of hydrogen-bond donors (Lipinski definition) is 0. The zero-order chi connectivity index (χ0) is 14.1. The average Bonchev–Trinajstić information content (AvgIpc) is 2.91. The van der Waals surface area contributed by atoms with Gasteiger partial charge in [0.25, 0.3) is 0 Å². The predicted octanol–water partition coefficient (Wildman–Crippen LogP) is 3.20. The van der Waals surface area contributed by atoms with Gasteiger partial charge in [-0.3, -0.25) is 4.79 Å². The van der Waals surface area contributed by atoms with Gasteiger partial charge in [0, 0.05) is 5.92 Å². The zero-order valence-corrected chi connectivity index (χ0v) is 11.8. The third-order valence-corrected chi connectivity index (χ3v) is 3.87. The van der Waals surface area contributed by atoms with Gasteiger partial charge in [0.15, 0.2) is 17.3 Å². The lowest BCUT2D eigenvalue weighted by atomic mass is 9.84. The van der Waals surface area contributed by atoms with Crippen LogP contribution in [0.1, 0.15) is 31.7 Å². The zero-order valence-electron chi connectivity index (χ0n) is 11.8. The molecule has 1 heterocycles. The Hall–Kier alpha value is -1.97. The monoisotopic (exact) mass is 274 g/mol. The number of Topliss-reactive ketones (excluding diaryl/α,β-unsaturated/α-hetero) is 1. The van der Waals surface area contributed by atoms with E-state index in [0.717, 1.165) is 30.4 Å². The molecule has 0 bridgehead atoms. The van der Waals surface area contributed by atoms with Gasteiger partial charge < -0.3 is 14.2 Å². The summed E-state index contributed by atoms with van der Waals surface area (Å²) in [5, 5.41) is 0. The molecular formula is C16H18O4. The highest BCUT2D eigenvalue weighted by atomic mass is 16.7. The molecule has 3 rings (SSSR count). The topological polar surface area (TPSA) is 44.8 Å². The van der Waals surface area contributed by atoms with E-state index in [1.165, 1.54) is 0 Å². The third kappa shape index (κ3) is 2.26. The summed E-state index contributed by atoms with van der Waals surface area (Å²) < 4.78 is 16.1. The van der Waals surface area contributed by atoms with Crippen LogP contribution in [-0.4, -0.2) is 19.7 Å². The van der Waals surface area contributed by atoms with Gasteiger partial charge in [0.05, 0.1) is 7.11 Å². The van der Waals surface area contributed by atoms with E-state index in [4.69, 9.17) is 14.2 Å².